The molecule has 1 aromatic rings. The van der Waals surface area contributed by atoms with Crippen LogP contribution in [0.5, 0.6) is 0 Å². The first-order valence-electron chi connectivity index (χ1n) is 9.14. The molecule has 1 aromatic carbocycles. The molecule has 1 saturated heterocycles. The van der Waals surface area contributed by atoms with Gasteiger partial charge in [0.05, 0.1) is 19.0 Å². The molecule has 146 valence electrons. The van der Waals surface area contributed by atoms with E-state index in [0.29, 0.717) is 44.3 Å². The van der Waals surface area contributed by atoms with Crippen molar-refractivity contribution in [3.05, 3.63) is 28.8 Å². The lowest BCUT2D eigenvalue weighted by atomic mass is 10.2. The van der Waals surface area contributed by atoms with Crippen LogP contribution in [0.1, 0.15) is 18.9 Å². The predicted octanol–water partition coefficient (Wildman–Crippen LogP) is 2.24. The smallest absolute Gasteiger partial charge is 0.317 e. The quantitative estimate of drug-likeness (QED) is 0.806. The summed E-state index contributed by atoms with van der Waals surface area (Å²) in [5.74, 6) is -0.0570. The predicted molar refractivity (Wildman–Crippen MR) is 106 cm³/mol. The van der Waals surface area contributed by atoms with E-state index in [0.717, 1.165) is 11.3 Å². The number of carbonyl (C=O) groups excluding carboxylic acids is 2. The lowest BCUT2D eigenvalue weighted by molar-refractivity contribution is -0.120. The van der Waals surface area contributed by atoms with Gasteiger partial charge >= 0.3 is 6.03 Å². The molecule has 27 heavy (non-hydrogen) atoms. The first-order chi connectivity index (χ1) is 13.0. The minimum atomic E-state index is -0.0595. The number of rotatable bonds is 6. The number of anilines is 1. The number of aryl methyl sites for hydroxylation is 1. The Hall–Kier alpha value is -2.30. The van der Waals surface area contributed by atoms with Gasteiger partial charge in [0, 0.05) is 50.0 Å². The van der Waals surface area contributed by atoms with Gasteiger partial charge in [-0.05, 0) is 37.6 Å². The van der Waals surface area contributed by atoms with E-state index >= 15 is 0 Å². The van der Waals surface area contributed by atoms with Gasteiger partial charge in [0.2, 0.25) is 5.91 Å². The Morgan fingerprint density at radius 2 is 2.00 bits per heavy atom. The van der Waals surface area contributed by atoms with Crippen molar-refractivity contribution >= 4 is 29.2 Å². The zero-order valence-electron chi connectivity index (χ0n) is 15.9. The van der Waals surface area contributed by atoms with Gasteiger partial charge in [-0.1, -0.05) is 11.6 Å². The highest BCUT2D eigenvalue weighted by Gasteiger charge is 2.24. The molecule has 1 fully saturated rings. The molecular formula is C19H26ClN5O2. The Morgan fingerprint density at radius 1 is 1.30 bits per heavy atom. The minimum Gasteiger partial charge on any atom is -0.338 e. The molecule has 7 nitrogen and oxygen atoms in total. The van der Waals surface area contributed by atoms with Crippen molar-refractivity contribution in [2.24, 2.45) is 0 Å². The van der Waals surface area contributed by atoms with Gasteiger partial charge in [-0.3, -0.25) is 9.69 Å². The second-order valence-electron chi connectivity index (χ2n) is 6.49. The summed E-state index contributed by atoms with van der Waals surface area (Å²) in [6.45, 7) is 7.47. The van der Waals surface area contributed by atoms with Crippen LogP contribution in [0.25, 0.3) is 0 Å². The molecule has 0 radical (unpaired) electrons. The fraction of sp³-hybridized carbons (Fsp3) is 0.526. The summed E-state index contributed by atoms with van der Waals surface area (Å²) < 4.78 is 0. The van der Waals surface area contributed by atoms with E-state index in [9.17, 15) is 9.59 Å². The second kappa shape index (κ2) is 10.1. The van der Waals surface area contributed by atoms with Crippen LogP contribution in [0, 0.1) is 18.3 Å². The minimum absolute atomic E-state index is 0.0570. The van der Waals surface area contributed by atoms with Gasteiger partial charge in [0.25, 0.3) is 0 Å². The maximum Gasteiger partial charge on any atom is 0.317 e. The molecule has 8 heteroatoms. The van der Waals surface area contributed by atoms with Gasteiger partial charge in [0.15, 0.2) is 0 Å². The summed E-state index contributed by atoms with van der Waals surface area (Å²) in [4.78, 5) is 30.2. The summed E-state index contributed by atoms with van der Waals surface area (Å²) in [6, 6.07) is 7.48. The van der Waals surface area contributed by atoms with Crippen molar-refractivity contribution in [3.63, 3.8) is 0 Å². The molecule has 0 aromatic heterocycles. The number of carbonyl (C=O) groups is 2. The molecule has 2 rings (SSSR count). The Labute approximate surface area is 165 Å². The zero-order chi connectivity index (χ0) is 19.8. The highest BCUT2D eigenvalue weighted by atomic mass is 35.5. The molecule has 1 aliphatic rings. The van der Waals surface area contributed by atoms with Crippen LogP contribution >= 0.6 is 11.6 Å². The molecule has 0 aliphatic carbocycles. The summed E-state index contributed by atoms with van der Waals surface area (Å²) in [6.07, 6.45) is 0.262. The van der Waals surface area contributed by atoms with E-state index in [4.69, 9.17) is 16.9 Å². The van der Waals surface area contributed by atoms with Crippen LogP contribution in [0.4, 0.5) is 10.5 Å². The molecule has 3 amide bonds. The fourth-order valence-corrected chi connectivity index (χ4v) is 3.12. The fourth-order valence-electron chi connectivity index (χ4n) is 3.01. The number of hydrogen-bond donors (Lipinski definition) is 1. The van der Waals surface area contributed by atoms with Crippen molar-refractivity contribution in [1.29, 1.82) is 5.26 Å². The number of halogens is 1. The third-order valence-electron chi connectivity index (χ3n) is 4.55. The van der Waals surface area contributed by atoms with Crippen LogP contribution in [0.2, 0.25) is 5.02 Å². The lowest BCUT2D eigenvalue weighted by Crippen LogP contribution is -2.53. The Bertz CT molecular complexity index is 711. The van der Waals surface area contributed by atoms with Crippen LogP contribution in [0.15, 0.2) is 18.2 Å². The van der Waals surface area contributed by atoms with Crippen LogP contribution in [0.3, 0.4) is 0 Å². The first-order valence-corrected chi connectivity index (χ1v) is 9.52. The largest absolute Gasteiger partial charge is 0.338 e. The number of hydrogen-bond acceptors (Lipinski definition) is 4. The molecule has 1 heterocycles. The Morgan fingerprint density at radius 3 is 2.59 bits per heavy atom. The average Bonchev–Trinajstić information content (AvgIpc) is 2.65. The number of benzene rings is 1. The van der Waals surface area contributed by atoms with Crippen molar-refractivity contribution in [2.75, 3.05) is 50.7 Å². The van der Waals surface area contributed by atoms with Gasteiger partial charge in [-0.2, -0.15) is 5.26 Å². The number of amides is 3. The number of nitriles is 1. The third-order valence-corrected chi connectivity index (χ3v) is 4.97. The molecule has 1 N–H and O–H groups in total. The summed E-state index contributed by atoms with van der Waals surface area (Å²) in [7, 11) is 0. The second-order valence-corrected chi connectivity index (χ2v) is 6.89. The van der Waals surface area contributed by atoms with E-state index in [1.165, 1.54) is 0 Å². The molecule has 0 bridgehead atoms. The highest BCUT2D eigenvalue weighted by molar-refractivity contribution is 6.31. The van der Waals surface area contributed by atoms with Crippen LogP contribution in [-0.2, 0) is 4.79 Å². The average molecular weight is 392 g/mol. The van der Waals surface area contributed by atoms with Crippen molar-refractivity contribution in [3.8, 4) is 6.07 Å². The Kier molecular flexibility index (Phi) is 7.89. The molecule has 0 saturated carbocycles. The topological polar surface area (TPSA) is 79.7 Å². The van der Waals surface area contributed by atoms with Crippen molar-refractivity contribution < 1.29 is 9.59 Å². The zero-order valence-corrected chi connectivity index (χ0v) is 16.6. The van der Waals surface area contributed by atoms with E-state index in [1.807, 2.05) is 24.8 Å². The molecule has 0 spiro atoms. The molecule has 0 unspecified atom stereocenters. The van der Waals surface area contributed by atoms with E-state index in [2.05, 4.69) is 11.4 Å². The molecular weight excluding hydrogens is 366 g/mol. The number of nitrogens with one attached hydrogen (secondary N) is 1. The lowest BCUT2D eigenvalue weighted by Gasteiger charge is -2.35. The van der Waals surface area contributed by atoms with Gasteiger partial charge in [-0.15, -0.1) is 0 Å². The summed E-state index contributed by atoms with van der Waals surface area (Å²) in [5, 5.41) is 12.4. The normalized spacial score (nSPS) is 14.5. The number of nitrogens with zero attached hydrogens (tertiary/aromatic N) is 4. The monoisotopic (exact) mass is 391 g/mol. The van der Waals surface area contributed by atoms with Crippen LogP contribution in [-0.4, -0.2) is 67.6 Å². The number of piperazine rings is 1. The highest BCUT2D eigenvalue weighted by Crippen LogP contribution is 2.23. The standard InChI is InChI=1S/C19H26ClN5O2/c1-3-22-19(27)24-11-9-23(10-12-24)14-18(26)25(8-4-7-21)16-5-6-17(20)15(2)13-16/h5-6,13H,3-4,8-12,14H2,1-2H3,(H,22,27). The van der Waals surface area contributed by atoms with Gasteiger partial charge in [-0.25, -0.2) is 4.79 Å². The van der Waals surface area contributed by atoms with E-state index < -0.39 is 0 Å². The maximum absolute atomic E-state index is 12.9. The van der Waals surface area contributed by atoms with E-state index in [-0.39, 0.29) is 24.9 Å². The van der Waals surface area contributed by atoms with Crippen molar-refractivity contribution in [2.45, 2.75) is 20.3 Å². The SMILES string of the molecule is CCNC(=O)N1CCN(CC(=O)N(CCC#N)c2ccc(Cl)c(C)c2)CC1. The molecule has 1 aliphatic heterocycles. The van der Waals surface area contributed by atoms with E-state index in [1.54, 1.807) is 21.9 Å². The number of urea groups is 1. The van der Waals surface area contributed by atoms with Crippen molar-refractivity contribution in [1.82, 2.24) is 15.1 Å². The first kappa shape index (κ1) is 21.0. The Balaban J connectivity index is 1.99. The maximum atomic E-state index is 12.9. The summed E-state index contributed by atoms with van der Waals surface area (Å²) >= 11 is 6.09. The molecule has 0 atom stereocenters. The van der Waals surface area contributed by atoms with Gasteiger partial charge in [0.1, 0.15) is 0 Å². The van der Waals surface area contributed by atoms with Crippen LogP contribution < -0.4 is 10.2 Å². The third kappa shape index (κ3) is 5.84. The van der Waals surface area contributed by atoms with Gasteiger partial charge < -0.3 is 15.1 Å². The summed E-state index contributed by atoms with van der Waals surface area (Å²) in [5.41, 5.74) is 1.64.